The highest BCUT2D eigenvalue weighted by Gasteiger charge is 2.25. The van der Waals surface area contributed by atoms with Crippen molar-refractivity contribution in [3.8, 4) is 11.8 Å². The molecule has 1 atom stereocenters. The number of benzene rings is 1. The second-order valence-corrected chi connectivity index (χ2v) is 5.70. The largest absolute Gasteiger partial charge is 0.468 e. The van der Waals surface area contributed by atoms with Crippen LogP contribution in [-0.2, 0) is 19.6 Å². The maximum Gasteiger partial charge on any atom is 0.323 e. The minimum Gasteiger partial charge on any atom is -0.468 e. The summed E-state index contributed by atoms with van der Waals surface area (Å²) in [5.74, 6) is 3.37. The molecule has 0 spiro atoms. The number of carbonyl (C=O) groups excluding carboxylic acids is 1. The van der Waals surface area contributed by atoms with Crippen LogP contribution < -0.4 is 10.5 Å². The molecule has 0 saturated heterocycles. The van der Waals surface area contributed by atoms with E-state index in [4.69, 9.17) is 5.73 Å². The fraction of sp³-hybridized carbons (Fsp3) is 0.308. The van der Waals surface area contributed by atoms with E-state index >= 15 is 0 Å². The van der Waals surface area contributed by atoms with Gasteiger partial charge in [0, 0.05) is 5.56 Å². The molecular weight excluding hydrogens is 299 g/mol. The van der Waals surface area contributed by atoms with E-state index in [1.54, 1.807) is 0 Å². The molecule has 8 heteroatoms. The number of methoxy groups -OCH3 is 1. The molecule has 114 valence electrons. The van der Waals surface area contributed by atoms with Crippen molar-refractivity contribution < 1.29 is 22.3 Å². The van der Waals surface area contributed by atoms with Crippen molar-refractivity contribution in [3.63, 3.8) is 0 Å². The fourth-order valence-corrected chi connectivity index (χ4v) is 2.72. The number of sulfonamides is 1. The zero-order valence-electron chi connectivity index (χ0n) is 11.5. The number of ether oxygens (including phenoxy) is 1. The molecule has 1 rings (SSSR count). The van der Waals surface area contributed by atoms with E-state index in [9.17, 15) is 17.6 Å². The number of hydrogen-bond donors (Lipinski definition) is 2. The van der Waals surface area contributed by atoms with Gasteiger partial charge in [-0.25, -0.2) is 12.8 Å². The average Bonchev–Trinajstić information content (AvgIpc) is 2.43. The zero-order chi connectivity index (χ0) is 16.0. The van der Waals surface area contributed by atoms with Crippen LogP contribution in [0.1, 0.15) is 12.5 Å². The van der Waals surface area contributed by atoms with E-state index < -0.39 is 32.7 Å². The van der Waals surface area contributed by atoms with Gasteiger partial charge in [0.05, 0.1) is 13.7 Å². The molecule has 0 radical (unpaired) electrons. The molecule has 0 heterocycles. The topological polar surface area (TPSA) is 98.5 Å². The van der Waals surface area contributed by atoms with Crippen molar-refractivity contribution >= 4 is 16.0 Å². The van der Waals surface area contributed by atoms with Crippen LogP contribution in [0.25, 0.3) is 0 Å². The van der Waals surface area contributed by atoms with Crippen molar-refractivity contribution in [1.29, 1.82) is 0 Å². The molecule has 3 N–H and O–H groups in total. The van der Waals surface area contributed by atoms with E-state index in [1.165, 1.54) is 13.0 Å². The van der Waals surface area contributed by atoms with Crippen molar-refractivity contribution in [2.45, 2.75) is 17.9 Å². The zero-order valence-corrected chi connectivity index (χ0v) is 12.3. The SMILES string of the molecule is COC(=O)C(C)NS(=O)(=O)c1ccc(C#CCN)cc1F. The van der Waals surface area contributed by atoms with Crippen LogP contribution in [0.4, 0.5) is 4.39 Å². The first-order valence-electron chi connectivity index (χ1n) is 5.90. The fourth-order valence-electron chi connectivity index (χ4n) is 1.47. The Morgan fingerprint density at radius 1 is 1.52 bits per heavy atom. The van der Waals surface area contributed by atoms with Gasteiger partial charge in [-0.05, 0) is 25.1 Å². The quantitative estimate of drug-likeness (QED) is 0.601. The minimum atomic E-state index is -4.18. The van der Waals surface area contributed by atoms with Gasteiger partial charge >= 0.3 is 5.97 Å². The molecule has 0 fully saturated rings. The molecule has 1 unspecified atom stereocenters. The lowest BCUT2D eigenvalue weighted by Gasteiger charge is -2.12. The van der Waals surface area contributed by atoms with Gasteiger partial charge < -0.3 is 10.5 Å². The Balaban J connectivity index is 3.07. The summed E-state index contributed by atoms with van der Waals surface area (Å²) in [4.78, 5) is 10.6. The second-order valence-electron chi connectivity index (χ2n) is 4.02. The van der Waals surface area contributed by atoms with E-state index in [0.29, 0.717) is 5.56 Å². The first-order chi connectivity index (χ1) is 9.81. The lowest BCUT2D eigenvalue weighted by atomic mass is 10.2. The van der Waals surface area contributed by atoms with Gasteiger partial charge in [0.25, 0.3) is 0 Å². The number of hydrogen-bond acceptors (Lipinski definition) is 5. The molecule has 0 bridgehead atoms. The molecule has 0 saturated carbocycles. The third-order valence-corrected chi connectivity index (χ3v) is 4.02. The maximum atomic E-state index is 13.9. The molecule has 1 aromatic rings. The molecule has 1 aromatic carbocycles. The lowest BCUT2D eigenvalue weighted by molar-refractivity contribution is -0.142. The number of halogens is 1. The van der Waals surface area contributed by atoms with Gasteiger partial charge in [0.2, 0.25) is 10.0 Å². The van der Waals surface area contributed by atoms with Crippen molar-refractivity contribution in [2.24, 2.45) is 5.73 Å². The summed E-state index contributed by atoms with van der Waals surface area (Å²) < 4.78 is 44.3. The molecule has 21 heavy (non-hydrogen) atoms. The van der Waals surface area contributed by atoms with Crippen LogP contribution in [0, 0.1) is 17.7 Å². The predicted octanol–water partition coefficient (Wildman–Crippen LogP) is -0.0243. The molecule has 0 aromatic heterocycles. The molecule has 0 aliphatic heterocycles. The van der Waals surface area contributed by atoms with Gasteiger partial charge in [0.15, 0.2) is 0 Å². The summed E-state index contributed by atoms with van der Waals surface area (Å²) in [5, 5.41) is 0. The highest BCUT2D eigenvalue weighted by molar-refractivity contribution is 7.89. The molecule has 6 nitrogen and oxygen atoms in total. The molecule has 0 aliphatic rings. The summed E-state index contributed by atoms with van der Waals surface area (Å²) in [6.07, 6.45) is 0. The van der Waals surface area contributed by atoms with Crippen molar-refractivity contribution in [1.82, 2.24) is 4.72 Å². The Labute approximate surface area is 122 Å². The smallest absolute Gasteiger partial charge is 0.323 e. The third kappa shape index (κ3) is 4.53. The van der Waals surface area contributed by atoms with Crippen LogP contribution in [-0.4, -0.2) is 34.1 Å². The number of rotatable bonds is 4. The van der Waals surface area contributed by atoms with E-state index in [0.717, 1.165) is 19.2 Å². The monoisotopic (exact) mass is 314 g/mol. The van der Waals surface area contributed by atoms with Crippen LogP contribution in [0.2, 0.25) is 0 Å². The second kappa shape index (κ2) is 7.17. The summed E-state index contributed by atoms with van der Waals surface area (Å²) in [5.41, 5.74) is 5.50. The highest BCUT2D eigenvalue weighted by Crippen LogP contribution is 2.16. The standard InChI is InChI=1S/C13H15FN2O4S/c1-9(13(17)20-2)16-21(18,19)12-6-5-10(4-3-7-15)8-11(12)14/h5-6,8-9,16H,7,15H2,1-2H3. The van der Waals surface area contributed by atoms with Gasteiger partial charge in [-0.3, -0.25) is 4.79 Å². The van der Waals surface area contributed by atoms with E-state index in [1.807, 2.05) is 4.72 Å². The Bertz CT molecular complexity index is 692. The van der Waals surface area contributed by atoms with Gasteiger partial charge in [-0.1, -0.05) is 11.8 Å². The Morgan fingerprint density at radius 2 is 2.19 bits per heavy atom. The number of carbonyl (C=O) groups is 1. The van der Waals surface area contributed by atoms with E-state index in [-0.39, 0.29) is 6.54 Å². The average molecular weight is 314 g/mol. The lowest BCUT2D eigenvalue weighted by Crippen LogP contribution is -2.39. The first-order valence-corrected chi connectivity index (χ1v) is 7.38. The van der Waals surface area contributed by atoms with Gasteiger partial charge in [-0.2, -0.15) is 4.72 Å². The third-order valence-electron chi connectivity index (χ3n) is 2.44. The van der Waals surface area contributed by atoms with Gasteiger partial charge in [0.1, 0.15) is 16.8 Å². The molecule has 0 amide bonds. The summed E-state index contributed by atoms with van der Waals surface area (Å²) in [6, 6.07) is 2.28. The summed E-state index contributed by atoms with van der Waals surface area (Å²) >= 11 is 0. The summed E-state index contributed by atoms with van der Waals surface area (Å²) in [7, 11) is -3.06. The normalized spacial score (nSPS) is 12.2. The summed E-state index contributed by atoms with van der Waals surface area (Å²) in [6.45, 7) is 1.41. The number of esters is 1. The Kier molecular flexibility index (Phi) is 5.84. The molecular formula is C13H15FN2O4S. The number of nitrogens with one attached hydrogen (secondary N) is 1. The van der Waals surface area contributed by atoms with Crippen molar-refractivity contribution in [2.75, 3.05) is 13.7 Å². The van der Waals surface area contributed by atoms with E-state index in [2.05, 4.69) is 16.6 Å². The Morgan fingerprint density at radius 3 is 2.71 bits per heavy atom. The Hall–Kier alpha value is -1.95. The predicted molar refractivity (Wildman–Crippen MR) is 74.1 cm³/mol. The van der Waals surface area contributed by atoms with Crippen LogP contribution >= 0.6 is 0 Å². The van der Waals surface area contributed by atoms with Crippen LogP contribution in [0.5, 0.6) is 0 Å². The van der Waals surface area contributed by atoms with Crippen LogP contribution in [0.15, 0.2) is 23.1 Å². The van der Waals surface area contributed by atoms with Crippen molar-refractivity contribution in [3.05, 3.63) is 29.6 Å². The maximum absolute atomic E-state index is 13.9. The first kappa shape index (κ1) is 17.1. The van der Waals surface area contributed by atoms with Gasteiger partial charge in [-0.15, -0.1) is 0 Å². The van der Waals surface area contributed by atoms with Crippen LogP contribution in [0.3, 0.4) is 0 Å². The highest BCUT2D eigenvalue weighted by atomic mass is 32.2. The minimum absolute atomic E-state index is 0.111. The number of nitrogens with two attached hydrogens (primary N) is 1. The molecule has 0 aliphatic carbocycles.